The maximum atomic E-state index is 12.0. The predicted octanol–water partition coefficient (Wildman–Crippen LogP) is 2.38. The molecule has 2 amide bonds. The molecule has 0 saturated carbocycles. The van der Waals surface area contributed by atoms with E-state index in [9.17, 15) is 9.59 Å². The lowest BCUT2D eigenvalue weighted by Gasteiger charge is -2.06. The Morgan fingerprint density at radius 2 is 2.00 bits per heavy atom. The number of fused-ring (bicyclic) bond motifs is 1. The Labute approximate surface area is 132 Å². The Morgan fingerprint density at radius 3 is 2.74 bits per heavy atom. The van der Waals surface area contributed by atoms with Crippen LogP contribution in [0.1, 0.15) is 27.2 Å². The monoisotopic (exact) mass is 311 g/mol. The molecule has 0 unspecified atom stereocenters. The third-order valence-electron chi connectivity index (χ3n) is 3.85. The summed E-state index contributed by atoms with van der Waals surface area (Å²) in [5.41, 5.74) is 8.93. The van der Waals surface area contributed by atoms with Gasteiger partial charge >= 0.3 is 0 Å². The summed E-state index contributed by atoms with van der Waals surface area (Å²) in [7, 11) is 0. The summed E-state index contributed by atoms with van der Waals surface area (Å²) in [4.78, 5) is 26.5. The zero-order valence-electron chi connectivity index (χ0n) is 12.9. The lowest BCUT2D eigenvalue weighted by Crippen LogP contribution is -2.42. The van der Waals surface area contributed by atoms with Gasteiger partial charge in [0.05, 0.1) is 12.7 Å². The van der Waals surface area contributed by atoms with Crippen LogP contribution in [-0.4, -0.2) is 16.8 Å². The molecule has 3 aromatic rings. The number of hydrogen-bond donors (Lipinski definition) is 3. The van der Waals surface area contributed by atoms with Gasteiger partial charge in [-0.3, -0.25) is 20.4 Å². The van der Waals surface area contributed by atoms with Gasteiger partial charge in [0.15, 0.2) is 0 Å². The first-order valence-electron chi connectivity index (χ1n) is 7.25. The van der Waals surface area contributed by atoms with E-state index in [0.29, 0.717) is 5.69 Å². The van der Waals surface area contributed by atoms with Crippen molar-refractivity contribution in [1.29, 1.82) is 0 Å². The van der Waals surface area contributed by atoms with Gasteiger partial charge in [0.1, 0.15) is 11.3 Å². The van der Waals surface area contributed by atoms with E-state index in [-0.39, 0.29) is 12.3 Å². The number of rotatable bonds is 3. The van der Waals surface area contributed by atoms with Gasteiger partial charge < -0.3 is 9.40 Å². The van der Waals surface area contributed by atoms with Gasteiger partial charge in [-0.25, -0.2) is 0 Å². The van der Waals surface area contributed by atoms with Crippen LogP contribution in [-0.2, 0) is 11.2 Å². The SMILES string of the molecule is Cc1ccc2c(CC(=O)NNC(=O)c3ccc[nH]3)coc2c1C. The Balaban J connectivity index is 1.66. The van der Waals surface area contributed by atoms with Crippen molar-refractivity contribution in [2.24, 2.45) is 0 Å². The van der Waals surface area contributed by atoms with E-state index in [1.807, 2.05) is 26.0 Å². The number of nitrogens with one attached hydrogen (secondary N) is 3. The molecule has 2 heterocycles. The van der Waals surface area contributed by atoms with Crippen LogP contribution in [0.5, 0.6) is 0 Å². The van der Waals surface area contributed by atoms with Crippen LogP contribution >= 0.6 is 0 Å². The highest BCUT2D eigenvalue weighted by atomic mass is 16.3. The van der Waals surface area contributed by atoms with Crippen LogP contribution in [0.2, 0.25) is 0 Å². The zero-order valence-corrected chi connectivity index (χ0v) is 12.9. The summed E-state index contributed by atoms with van der Waals surface area (Å²) >= 11 is 0. The van der Waals surface area contributed by atoms with Crippen molar-refractivity contribution in [3.8, 4) is 0 Å². The summed E-state index contributed by atoms with van der Waals surface area (Å²) in [6.45, 7) is 4.00. The standard InChI is InChI=1S/C17H17N3O3/c1-10-5-6-13-12(9-23-16(13)11(10)2)8-15(21)19-20-17(22)14-4-3-7-18-14/h3-7,9,18H,8H2,1-2H3,(H,19,21)(H,20,22). The van der Waals surface area contributed by atoms with Crippen molar-refractivity contribution >= 4 is 22.8 Å². The number of H-pyrrole nitrogens is 1. The molecule has 0 aliphatic carbocycles. The minimum Gasteiger partial charge on any atom is -0.464 e. The number of carbonyl (C=O) groups excluding carboxylic acids is 2. The van der Waals surface area contributed by atoms with Crippen molar-refractivity contribution in [1.82, 2.24) is 15.8 Å². The molecule has 0 radical (unpaired) electrons. The van der Waals surface area contributed by atoms with Crippen molar-refractivity contribution in [3.05, 3.63) is 59.1 Å². The van der Waals surface area contributed by atoms with E-state index in [1.54, 1.807) is 24.6 Å². The number of aromatic nitrogens is 1. The minimum absolute atomic E-state index is 0.126. The van der Waals surface area contributed by atoms with E-state index in [2.05, 4.69) is 15.8 Å². The molecule has 3 N–H and O–H groups in total. The second-order valence-corrected chi connectivity index (χ2v) is 5.41. The fourth-order valence-corrected chi connectivity index (χ4v) is 2.41. The van der Waals surface area contributed by atoms with Gasteiger partial charge in [-0.05, 0) is 37.1 Å². The molecule has 6 nitrogen and oxygen atoms in total. The number of benzene rings is 1. The first-order chi connectivity index (χ1) is 11.1. The molecular weight excluding hydrogens is 294 g/mol. The van der Waals surface area contributed by atoms with Crippen LogP contribution in [0.4, 0.5) is 0 Å². The molecular formula is C17H17N3O3. The van der Waals surface area contributed by atoms with Crippen molar-refractivity contribution in [2.45, 2.75) is 20.3 Å². The molecule has 0 bridgehead atoms. The van der Waals surface area contributed by atoms with Crippen LogP contribution in [0.25, 0.3) is 11.0 Å². The van der Waals surface area contributed by atoms with E-state index in [0.717, 1.165) is 27.7 Å². The number of hydrazine groups is 1. The van der Waals surface area contributed by atoms with Gasteiger partial charge in [0.25, 0.3) is 5.91 Å². The van der Waals surface area contributed by atoms with Crippen molar-refractivity contribution in [3.63, 3.8) is 0 Å². The van der Waals surface area contributed by atoms with Crippen LogP contribution < -0.4 is 10.9 Å². The third kappa shape index (κ3) is 2.96. The largest absolute Gasteiger partial charge is 0.464 e. The number of furan rings is 1. The normalized spacial score (nSPS) is 10.7. The number of aromatic amines is 1. The summed E-state index contributed by atoms with van der Waals surface area (Å²) in [5.74, 6) is -0.710. The Bertz CT molecular complexity index is 863. The highest BCUT2D eigenvalue weighted by molar-refractivity contribution is 5.94. The number of amides is 2. The molecule has 0 saturated heterocycles. The molecule has 6 heteroatoms. The van der Waals surface area contributed by atoms with Crippen LogP contribution in [0, 0.1) is 13.8 Å². The summed E-state index contributed by atoms with van der Waals surface area (Å²) in [6, 6.07) is 7.28. The first-order valence-corrected chi connectivity index (χ1v) is 7.25. The molecule has 0 aliphatic heterocycles. The van der Waals surface area contributed by atoms with E-state index in [4.69, 9.17) is 4.42 Å². The number of aryl methyl sites for hydroxylation is 2. The summed E-state index contributed by atoms with van der Waals surface area (Å²) in [6.07, 6.45) is 3.35. The number of hydrogen-bond acceptors (Lipinski definition) is 3. The first kappa shape index (κ1) is 14.9. The maximum Gasteiger partial charge on any atom is 0.286 e. The second kappa shape index (κ2) is 6.00. The smallest absolute Gasteiger partial charge is 0.286 e. The minimum atomic E-state index is -0.396. The molecule has 0 fully saturated rings. The average Bonchev–Trinajstić information content (AvgIpc) is 3.19. The van der Waals surface area contributed by atoms with Gasteiger partial charge in [0, 0.05) is 17.1 Å². The number of carbonyl (C=O) groups is 2. The van der Waals surface area contributed by atoms with E-state index >= 15 is 0 Å². The Hall–Kier alpha value is -3.02. The van der Waals surface area contributed by atoms with Gasteiger partial charge in [0.2, 0.25) is 5.91 Å². The van der Waals surface area contributed by atoms with E-state index < -0.39 is 5.91 Å². The highest BCUT2D eigenvalue weighted by Crippen LogP contribution is 2.26. The molecule has 23 heavy (non-hydrogen) atoms. The summed E-state index contributed by atoms with van der Waals surface area (Å²) in [5, 5.41) is 0.916. The highest BCUT2D eigenvalue weighted by Gasteiger charge is 2.13. The van der Waals surface area contributed by atoms with Crippen LogP contribution in [0.15, 0.2) is 41.1 Å². The van der Waals surface area contributed by atoms with Crippen LogP contribution in [0.3, 0.4) is 0 Å². The lowest BCUT2D eigenvalue weighted by atomic mass is 10.0. The fraction of sp³-hybridized carbons (Fsp3) is 0.176. The van der Waals surface area contributed by atoms with Gasteiger partial charge in [-0.1, -0.05) is 12.1 Å². The molecule has 0 spiro atoms. The quantitative estimate of drug-likeness (QED) is 0.649. The molecule has 0 atom stereocenters. The van der Waals surface area contributed by atoms with Gasteiger partial charge in [-0.15, -0.1) is 0 Å². The molecule has 2 aromatic heterocycles. The predicted molar refractivity (Wildman–Crippen MR) is 85.8 cm³/mol. The lowest BCUT2D eigenvalue weighted by molar-refractivity contribution is -0.121. The fourth-order valence-electron chi connectivity index (χ4n) is 2.41. The Morgan fingerprint density at radius 1 is 1.17 bits per heavy atom. The maximum absolute atomic E-state index is 12.0. The zero-order chi connectivity index (χ0) is 16.4. The summed E-state index contributed by atoms with van der Waals surface area (Å²) < 4.78 is 5.57. The van der Waals surface area contributed by atoms with E-state index in [1.165, 1.54) is 0 Å². The topological polar surface area (TPSA) is 87.1 Å². The Kier molecular flexibility index (Phi) is 3.89. The average molecular weight is 311 g/mol. The second-order valence-electron chi connectivity index (χ2n) is 5.41. The van der Waals surface area contributed by atoms with Gasteiger partial charge in [-0.2, -0.15) is 0 Å². The molecule has 1 aromatic carbocycles. The third-order valence-corrected chi connectivity index (χ3v) is 3.85. The molecule has 0 aliphatic rings. The molecule has 3 rings (SSSR count). The van der Waals surface area contributed by atoms with Crippen molar-refractivity contribution < 1.29 is 14.0 Å². The molecule has 118 valence electrons. The van der Waals surface area contributed by atoms with Crippen molar-refractivity contribution in [2.75, 3.05) is 0 Å².